The third kappa shape index (κ3) is 2.79. The molecule has 1 aromatic carbocycles. The largest absolute Gasteiger partial charge is 0.322 e. The number of hydrogen-bond donors (Lipinski definition) is 2. The SMILES string of the molecule is N=c1sccn1CC(=O)Nc1ccccc1F. The molecule has 4 nitrogen and oxygen atoms in total. The number of amides is 1. The number of para-hydroxylation sites is 1. The van der Waals surface area contributed by atoms with Gasteiger partial charge in [0.15, 0.2) is 4.80 Å². The van der Waals surface area contributed by atoms with Gasteiger partial charge in [0.25, 0.3) is 0 Å². The van der Waals surface area contributed by atoms with Crippen LogP contribution in [0.3, 0.4) is 0 Å². The van der Waals surface area contributed by atoms with E-state index in [2.05, 4.69) is 5.32 Å². The Morgan fingerprint density at radius 3 is 2.88 bits per heavy atom. The van der Waals surface area contributed by atoms with Crippen molar-refractivity contribution in [2.24, 2.45) is 0 Å². The van der Waals surface area contributed by atoms with Gasteiger partial charge in [0.2, 0.25) is 5.91 Å². The topological polar surface area (TPSA) is 57.9 Å². The number of hydrogen-bond acceptors (Lipinski definition) is 3. The first-order valence-corrected chi connectivity index (χ1v) is 5.77. The molecule has 0 atom stereocenters. The minimum absolute atomic E-state index is 0.0106. The van der Waals surface area contributed by atoms with Gasteiger partial charge in [0.1, 0.15) is 12.4 Å². The zero-order valence-corrected chi connectivity index (χ0v) is 9.63. The van der Waals surface area contributed by atoms with E-state index in [1.165, 1.54) is 28.0 Å². The first kappa shape index (κ1) is 11.5. The molecule has 0 radical (unpaired) electrons. The van der Waals surface area contributed by atoms with Crippen LogP contribution < -0.4 is 10.1 Å². The molecule has 6 heteroatoms. The molecule has 0 saturated carbocycles. The summed E-state index contributed by atoms with van der Waals surface area (Å²) in [5.41, 5.74) is 0.153. The molecule has 0 spiro atoms. The second kappa shape index (κ2) is 4.92. The minimum atomic E-state index is -0.470. The second-order valence-electron chi connectivity index (χ2n) is 3.36. The number of carbonyl (C=O) groups excluding carboxylic acids is 1. The molecule has 2 rings (SSSR count). The standard InChI is InChI=1S/C11H10FN3OS/c12-8-3-1-2-4-9(8)14-10(16)7-15-5-6-17-11(15)13/h1-6,13H,7H2,(H,14,16). The molecule has 0 saturated heterocycles. The third-order valence-corrected chi connectivity index (χ3v) is 2.86. The molecule has 1 amide bonds. The fraction of sp³-hybridized carbons (Fsp3) is 0.0909. The molecule has 0 fully saturated rings. The lowest BCUT2D eigenvalue weighted by Gasteiger charge is -2.06. The lowest BCUT2D eigenvalue weighted by atomic mass is 10.3. The molecular formula is C11H10FN3OS. The fourth-order valence-corrected chi connectivity index (χ4v) is 1.93. The second-order valence-corrected chi connectivity index (χ2v) is 4.26. The van der Waals surface area contributed by atoms with Crippen LogP contribution in [0.4, 0.5) is 10.1 Å². The predicted octanol–water partition coefficient (Wildman–Crippen LogP) is 1.81. The Morgan fingerprint density at radius 2 is 2.24 bits per heavy atom. The first-order valence-electron chi connectivity index (χ1n) is 4.90. The van der Waals surface area contributed by atoms with Gasteiger partial charge >= 0.3 is 0 Å². The van der Waals surface area contributed by atoms with Crippen molar-refractivity contribution < 1.29 is 9.18 Å². The van der Waals surface area contributed by atoms with Crippen LogP contribution in [0.5, 0.6) is 0 Å². The Hall–Kier alpha value is -1.95. The number of nitrogens with zero attached hydrogens (tertiary/aromatic N) is 1. The maximum Gasteiger partial charge on any atom is 0.244 e. The van der Waals surface area contributed by atoms with Crippen LogP contribution in [0.2, 0.25) is 0 Å². The molecule has 88 valence electrons. The van der Waals surface area contributed by atoms with E-state index in [0.717, 1.165) is 0 Å². The van der Waals surface area contributed by atoms with E-state index in [4.69, 9.17) is 5.41 Å². The highest BCUT2D eigenvalue weighted by Gasteiger charge is 2.07. The van der Waals surface area contributed by atoms with Crippen LogP contribution in [0.1, 0.15) is 0 Å². The Kier molecular flexibility index (Phi) is 3.34. The van der Waals surface area contributed by atoms with E-state index in [1.54, 1.807) is 23.7 Å². The monoisotopic (exact) mass is 251 g/mol. The highest BCUT2D eigenvalue weighted by molar-refractivity contribution is 7.06. The number of benzene rings is 1. The van der Waals surface area contributed by atoms with E-state index in [0.29, 0.717) is 0 Å². The van der Waals surface area contributed by atoms with Crippen LogP contribution in [-0.2, 0) is 11.3 Å². The average molecular weight is 251 g/mol. The number of carbonyl (C=O) groups is 1. The average Bonchev–Trinajstić information content (AvgIpc) is 2.68. The Labute approximate surface area is 101 Å². The van der Waals surface area contributed by atoms with Gasteiger partial charge in [-0.3, -0.25) is 10.2 Å². The summed E-state index contributed by atoms with van der Waals surface area (Å²) in [6.07, 6.45) is 1.65. The highest BCUT2D eigenvalue weighted by Crippen LogP contribution is 2.12. The third-order valence-electron chi connectivity index (χ3n) is 2.14. The van der Waals surface area contributed by atoms with Crippen molar-refractivity contribution in [1.29, 1.82) is 5.41 Å². The van der Waals surface area contributed by atoms with Crippen LogP contribution in [0.15, 0.2) is 35.8 Å². The van der Waals surface area contributed by atoms with Gasteiger partial charge in [-0.1, -0.05) is 12.1 Å². The summed E-state index contributed by atoms with van der Waals surface area (Å²) in [7, 11) is 0. The van der Waals surface area contributed by atoms with Crippen LogP contribution in [-0.4, -0.2) is 10.5 Å². The van der Waals surface area contributed by atoms with Crippen molar-refractivity contribution in [2.75, 3.05) is 5.32 Å². The Bertz CT molecular complexity index is 590. The molecule has 1 heterocycles. The lowest BCUT2D eigenvalue weighted by molar-refractivity contribution is -0.116. The fourth-order valence-electron chi connectivity index (χ4n) is 1.34. The van der Waals surface area contributed by atoms with Gasteiger partial charge in [-0.05, 0) is 12.1 Å². The van der Waals surface area contributed by atoms with Crippen molar-refractivity contribution in [1.82, 2.24) is 4.57 Å². The van der Waals surface area contributed by atoms with Crippen LogP contribution in [0, 0.1) is 11.2 Å². The predicted molar refractivity (Wildman–Crippen MR) is 63.2 cm³/mol. The maximum atomic E-state index is 13.3. The molecule has 2 aromatic rings. The maximum absolute atomic E-state index is 13.3. The van der Waals surface area contributed by atoms with Crippen molar-refractivity contribution in [3.63, 3.8) is 0 Å². The van der Waals surface area contributed by atoms with Crippen molar-refractivity contribution in [2.45, 2.75) is 6.54 Å². The molecule has 0 bridgehead atoms. The Morgan fingerprint density at radius 1 is 1.47 bits per heavy atom. The summed E-state index contributed by atoms with van der Waals surface area (Å²) in [6.45, 7) is 0.0106. The smallest absolute Gasteiger partial charge is 0.244 e. The summed E-state index contributed by atoms with van der Waals surface area (Å²) < 4.78 is 14.7. The quantitative estimate of drug-likeness (QED) is 0.858. The van der Waals surface area contributed by atoms with Gasteiger partial charge in [-0.25, -0.2) is 4.39 Å². The number of halogens is 1. The number of thiazole rings is 1. The van der Waals surface area contributed by atoms with Crippen molar-refractivity contribution >= 4 is 22.9 Å². The summed E-state index contributed by atoms with van der Waals surface area (Å²) in [4.78, 5) is 11.9. The van der Waals surface area contributed by atoms with E-state index < -0.39 is 5.82 Å². The van der Waals surface area contributed by atoms with Gasteiger partial charge < -0.3 is 9.88 Å². The van der Waals surface area contributed by atoms with Gasteiger partial charge in [-0.15, -0.1) is 11.3 Å². The molecule has 0 aliphatic carbocycles. The van der Waals surface area contributed by atoms with E-state index in [9.17, 15) is 9.18 Å². The molecule has 2 N–H and O–H groups in total. The summed E-state index contributed by atoms with van der Waals surface area (Å²) in [6, 6.07) is 5.98. The number of rotatable bonds is 3. The summed E-state index contributed by atoms with van der Waals surface area (Å²) in [5, 5.41) is 11.7. The molecule has 17 heavy (non-hydrogen) atoms. The van der Waals surface area contributed by atoms with Gasteiger partial charge in [0.05, 0.1) is 5.69 Å². The van der Waals surface area contributed by atoms with Crippen molar-refractivity contribution in [3.8, 4) is 0 Å². The van der Waals surface area contributed by atoms with E-state index in [-0.39, 0.29) is 22.9 Å². The highest BCUT2D eigenvalue weighted by atomic mass is 32.1. The zero-order chi connectivity index (χ0) is 12.3. The lowest BCUT2D eigenvalue weighted by Crippen LogP contribution is -2.24. The molecule has 0 aliphatic heterocycles. The molecular weight excluding hydrogens is 241 g/mol. The number of anilines is 1. The summed E-state index contributed by atoms with van der Waals surface area (Å²) >= 11 is 1.23. The van der Waals surface area contributed by atoms with E-state index >= 15 is 0 Å². The molecule has 0 unspecified atom stereocenters. The number of nitrogens with one attached hydrogen (secondary N) is 2. The minimum Gasteiger partial charge on any atom is -0.322 e. The van der Waals surface area contributed by atoms with Gasteiger partial charge in [0, 0.05) is 11.6 Å². The Balaban J connectivity index is 2.06. The van der Waals surface area contributed by atoms with Gasteiger partial charge in [-0.2, -0.15) is 0 Å². The molecule has 1 aromatic heterocycles. The first-order chi connectivity index (χ1) is 8.16. The normalized spacial score (nSPS) is 10.2. The number of aromatic nitrogens is 1. The molecule has 0 aliphatic rings. The van der Waals surface area contributed by atoms with E-state index in [1.807, 2.05) is 0 Å². The van der Waals surface area contributed by atoms with Crippen LogP contribution in [0.25, 0.3) is 0 Å². The summed E-state index contributed by atoms with van der Waals surface area (Å²) in [5.74, 6) is -0.825. The van der Waals surface area contributed by atoms with Crippen LogP contribution >= 0.6 is 11.3 Å². The zero-order valence-electron chi connectivity index (χ0n) is 8.81. The van der Waals surface area contributed by atoms with Crippen molar-refractivity contribution in [3.05, 3.63) is 46.5 Å².